The molecule has 1 rings (SSSR count). The van der Waals surface area contributed by atoms with Crippen molar-refractivity contribution in [2.24, 2.45) is 0 Å². The number of para-hydroxylation sites is 1. The van der Waals surface area contributed by atoms with Gasteiger partial charge in [0.1, 0.15) is 10.6 Å². The van der Waals surface area contributed by atoms with Gasteiger partial charge < -0.3 is 4.74 Å². The number of benzene rings is 1. The predicted octanol–water partition coefficient (Wildman–Crippen LogP) is 0.288. The Hall–Kier alpha value is -1.16. The number of methoxy groups -OCH3 is 1. The minimum Gasteiger partial charge on any atom is -0.495 e. The Labute approximate surface area is 105 Å². The first-order chi connectivity index (χ1) is 8.26. The van der Waals surface area contributed by atoms with Crippen LogP contribution in [0.25, 0.3) is 0 Å². The van der Waals surface area contributed by atoms with Crippen molar-refractivity contribution in [2.75, 3.05) is 19.5 Å². The van der Waals surface area contributed by atoms with Gasteiger partial charge in [-0.3, -0.25) is 4.55 Å². The first kappa shape index (κ1) is 14.9. The quantitative estimate of drug-likeness (QED) is 0.752. The van der Waals surface area contributed by atoms with Crippen LogP contribution in [0.1, 0.15) is 0 Å². The highest BCUT2D eigenvalue weighted by Gasteiger charge is 2.20. The summed E-state index contributed by atoms with van der Waals surface area (Å²) in [6, 6.07) is 5.92. The second-order valence-corrected chi connectivity index (χ2v) is 6.39. The van der Waals surface area contributed by atoms with Crippen molar-refractivity contribution < 1.29 is 30.3 Å². The van der Waals surface area contributed by atoms with Gasteiger partial charge in [-0.15, -0.1) is 0 Å². The summed E-state index contributed by atoms with van der Waals surface area (Å²) in [5, 5.41) is 0. The molecule has 0 saturated heterocycles. The first-order valence-corrected chi connectivity index (χ1v) is 7.75. The number of ether oxygens (including phenoxy) is 1. The van der Waals surface area contributed by atoms with Crippen LogP contribution in [0.4, 0.5) is 0 Å². The molecule has 1 aromatic carbocycles. The molecule has 0 saturated carbocycles. The van der Waals surface area contributed by atoms with Gasteiger partial charge >= 0.3 is 10.4 Å². The zero-order valence-electron chi connectivity index (χ0n) is 9.44. The second kappa shape index (κ2) is 5.65. The lowest BCUT2D eigenvalue weighted by Crippen LogP contribution is -2.16. The molecule has 1 aromatic rings. The van der Waals surface area contributed by atoms with Crippen molar-refractivity contribution >= 4 is 20.2 Å². The molecule has 0 unspecified atom stereocenters. The molecular formula is C9H12O7S2. The standard InChI is InChI=1S/C9H12O7S2/c1-15-8-4-2-3-5-9(8)17(10,11)7-6-16-18(12,13)14/h2-5H,6-7H2,1H3,(H,12,13,14). The molecule has 0 atom stereocenters. The normalized spacial score (nSPS) is 12.3. The summed E-state index contributed by atoms with van der Waals surface area (Å²) in [6.45, 7) is -0.667. The lowest BCUT2D eigenvalue weighted by molar-refractivity contribution is 0.284. The highest BCUT2D eigenvalue weighted by atomic mass is 32.3. The summed E-state index contributed by atoms with van der Waals surface area (Å²) in [5.41, 5.74) is 0. The van der Waals surface area contributed by atoms with Crippen LogP contribution in [-0.2, 0) is 24.4 Å². The lowest BCUT2D eigenvalue weighted by atomic mass is 10.3. The fourth-order valence-corrected chi connectivity index (χ4v) is 2.90. The summed E-state index contributed by atoms with van der Waals surface area (Å²) < 4.78 is 61.5. The summed E-state index contributed by atoms with van der Waals surface area (Å²) >= 11 is 0. The fourth-order valence-electron chi connectivity index (χ4n) is 1.23. The molecule has 7 nitrogen and oxygen atoms in total. The molecule has 102 valence electrons. The molecule has 1 N–H and O–H groups in total. The summed E-state index contributed by atoms with van der Waals surface area (Å²) in [4.78, 5) is -0.0635. The molecule has 9 heteroatoms. The van der Waals surface area contributed by atoms with Crippen LogP contribution in [-0.4, -0.2) is 40.9 Å². The van der Waals surface area contributed by atoms with E-state index >= 15 is 0 Å². The monoisotopic (exact) mass is 296 g/mol. The fraction of sp³-hybridized carbons (Fsp3) is 0.333. The highest BCUT2D eigenvalue weighted by molar-refractivity contribution is 7.91. The van der Waals surface area contributed by atoms with Crippen LogP contribution in [0.5, 0.6) is 5.75 Å². The van der Waals surface area contributed by atoms with Gasteiger partial charge in [-0.05, 0) is 12.1 Å². The molecule has 0 aliphatic heterocycles. The van der Waals surface area contributed by atoms with Gasteiger partial charge in [0, 0.05) is 0 Å². The third-order valence-electron chi connectivity index (χ3n) is 1.99. The Morgan fingerprint density at radius 3 is 2.33 bits per heavy atom. The smallest absolute Gasteiger partial charge is 0.397 e. The molecule has 0 amide bonds. The van der Waals surface area contributed by atoms with Crippen LogP contribution >= 0.6 is 0 Å². The van der Waals surface area contributed by atoms with Crippen molar-refractivity contribution in [3.05, 3.63) is 24.3 Å². The maximum atomic E-state index is 11.9. The maximum absolute atomic E-state index is 11.9. The summed E-state index contributed by atoms with van der Waals surface area (Å²) in [7, 11) is -7.07. The minimum atomic E-state index is -4.64. The van der Waals surface area contributed by atoms with Crippen LogP contribution in [0, 0.1) is 0 Å². The van der Waals surface area contributed by atoms with E-state index in [1.165, 1.54) is 25.3 Å². The van der Waals surface area contributed by atoms with Crippen molar-refractivity contribution in [3.8, 4) is 5.75 Å². The number of rotatable bonds is 6. The molecule has 0 aliphatic rings. The van der Waals surface area contributed by atoms with Crippen LogP contribution in [0.15, 0.2) is 29.2 Å². The van der Waals surface area contributed by atoms with Crippen molar-refractivity contribution in [3.63, 3.8) is 0 Å². The third-order valence-corrected chi connectivity index (χ3v) is 4.16. The molecule has 0 spiro atoms. The number of hydrogen-bond donors (Lipinski definition) is 1. The van der Waals surface area contributed by atoms with Gasteiger partial charge in [0.2, 0.25) is 0 Å². The van der Waals surface area contributed by atoms with Gasteiger partial charge in [-0.2, -0.15) is 8.42 Å². The Bertz CT molecular complexity index is 604. The molecule has 18 heavy (non-hydrogen) atoms. The molecule has 0 radical (unpaired) electrons. The van der Waals surface area contributed by atoms with Crippen molar-refractivity contribution in [1.82, 2.24) is 0 Å². The Balaban J connectivity index is 2.87. The second-order valence-electron chi connectivity index (χ2n) is 3.22. The van der Waals surface area contributed by atoms with E-state index in [9.17, 15) is 16.8 Å². The van der Waals surface area contributed by atoms with Crippen molar-refractivity contribution in [1.29, 1.82) is 0 Å². The van der Waals surface area contributed by atoms with E-state index in [4.69, 9.17) is 9.29 Å². The van der Waals surface area contributed by atoms with E-state index in [2.05, 4.69) is 4.18 Å². The highest BCUT2D eigenvalue weighted by Crippen LogP contribution is 2.23. The van der Waals surface area contributed by atoms with E-state index < -0.39 is 32.6 Å². The van der Waals surface area contributed by atoms with Crippen LogP contribution < -0.4 is 4.74 Å². The first-order valence-electron chi connectivity index (χ1n) is 4.74. The van der Waals surface area contributed by atoms with Gasteiger partial charge in [0.15, 0.2) is 9.84 Å². The molecule has 0 aromatic heterocycles. The molecule has 0 aliphatic carbocycles. The zero-order chi connectivity index (χ0) is 13.8. The van der Waals surface area contributed by atoms with Crippen LogP contribution in [0.3, 0.4) is 0 Å². The minimum absolute atomic E-state index is 0.0635. The molecule has 0 heterocycles. The SMILES string of the molecule is COc1ccccc1S(=O)(=O)CCOS(=O)(=O)O. The van der Waals surface area contributed by atoms with Gasteiger partial charge in [-0.25, -0.2) is 12.6 Å². The Morgan fingerprint density at radius 2 is 1.78 bits per heavy atom. The van der Waals surface area contributed by atoms with E-state index in [0.29, 0.717) is 0 Å². The van der Waals surface area contributed by atoms with Gasteiger partial charge in [0.25, 0.3) is 0 Å². The lowest BCUT2D eigenvalue weighted by Gasteiger charge is -2.08. The number of hydrogen-bond acceptors (Lipinski definition) is 6. The topological polar surface area (TPSA) is 107 Å². The predicted molar refractivity (Wildman–Crippen MR) is 62.5 cm³/mol. The third kappa shape index (κ3) is 4.26. The number of sulfone groups is 1. The van der Waals surface area contributed by atoms with Crippen LogP contribution in [0.2, 0.25) is 0 Å². The molecule has 0 fully saturated rings. The maximum Gasteiger partial charge on any atom is 0.397 e. The Kier molecular flexibility index (Phi) is 4.68. The molecule has 0 bridgehead atoms. The average Bonchev–Trinajstić information content (AvgIpc) is 2.27. The summed E-state index contributed by atoms with van der Waals surface area (Å²) in [5.74, 6) is -0.433. The van der Waals surface area contributed by atoms with E-state index in [1.807, 2.05) is 0 Å². The van der Waals surface area contributed by atoms with Crippen molar-refractivity contribution in [2.45, 2.75) is 4.90 Å². The van der Waals surface area contributed by atoms with E-state index in [-0.39, 0.29) is 10.6 Å². The average molecular weight is 296 g/mol. The summed E-state index contributed by atoms with van der Waals surface area (Å²) in [6.07, 6.45) is 0. The molecular weight excluding hydrogens is 284 g/mol. The largest absolute Gasteiger partial charge is 0.495 e. The van der Waals surface area contributed by atoms with Gasteiger partial charge in [0.05, 0.1) is 19.5 Å². The van der Waals surface area contributed by atoms with Gasteiger partial charge in [-0.1, -0.05) is 12.1 Å². The Morgan fingerprint density at radius 1 is 1.17 bits per heavy atom. The van der Waals surface area contributed by atoms with E-state index in [1.54, 1.807) is 6.07 Å². The van der Waals surface area contributed by atoms with E-state index in [0.717, 1.165) is 0 Å². The zero-order valence-corrected chi connectivity index (χ0v) is 11.1.